The normalized spacial score (nSPS) is 15.6. The van der Waals surface area contributed by atoms with E-state index in [9.17, 15) is 4.79 Å². The summed E-state index contributed by atoms with van der Waals surface area (Å²) >= 11 is 0. The maximum atomic E-state index is 12.7. The molecule has 5 rings (SSSR count). The van der Waals surface area contributed by atoms with Gasteiger partial charge in [-0.25, -0.2) is 0 Å². The predicted molar refractivity (Wildman–Crippen MR) is 112 cm³/mol. The molecule has 10 heteroatoms. The van der Waals surface area contributed by atoms with Gasteiger partial charge in [-0.15, -0.1) is 15.3 Å². The maximum absolute atomic E-state index is 12.7. The van der Waals surface area contributed by atoms with Crippen molar-refractivity contribution in [3.63, 3.8) is 0 Å². The highest BCUT2D eigenvalue weighted by molar-refractivity contribution is 5.95. The fourth-order valence-corrected chi connectivity index (χ4v) is 4.16. The number of nitrogens with one attached hydrogen (secondary N) is 1. The molecule has 1 aromatic carbocycles. The Kier molecular flexibility index (Phi) is 4.35. The Bertz CT molecular complexity index is 1320. The van der Waals surface area contributed by atoms with Crippen LogP contribution in [0.15, 0.2) is 30.3 Å². The summed E-state index contributed by atoms with van der Waals surface area (Å²) in [6.45, 7) is 3.75. The van der Waals surface area contributed by atoms with Crippen LogP contribution in [-0.2, 0) is 4.79 Å². The number of amides is 1. The molecule has 0 spiro atoms. The van der Waals surface area contributed by atoms with Gasteiger partial charge < -0.3 is 14.8 Å². The first kappa shape index (κ1) is 19.0. The summed E-state index contributed by atoms with van der Waals surface area (Å²) < 4.78 is 14.4. The number of anilines is 1. The van der Waals surface area contributed by atoms with E-state index in [2.05, 4.69) is 20.6 Å². The number of hydrogen-bond donors (Lipinski definition) is 1. The molecule has 1 unspecified atom stereocenters. The molecule has 0 aliphatic carbocycles. The van der Waals surface area contributed by atoms with Crippen LogP contribution in [0.25, 0.3) is 11.5 Å². The maximum Gasteiger partial charge on any atom is 0.226 e. The number of ether oxygens (including phenoxy) is 2. The molecule has 4 heterocycles. The summed E-state index contributed by atoms with van der Waals surface area (Å²) in [5, 5.41) is 20.4. The molecule has 0 fully saturated rings. The van der Waals surface area contributed by atoms with E-state index in [1.807, 2.05) is 38.1 Å². The van der Waals surface area contributed by atoms with Crippen molar-refractivity contribution in [3.05, 3.63) is 53.0 Å². The lowest BCUT2D eigenvalue weighted by Crippen LogP contribution is -2.25. The van der Waals surface area contributed by atoms with Gasteiger partial charge in [0.05, 0.1) is 19.9 Å². The van der Waals surface area contributed by atoms with Crippen molar-refractivity contribution >= 4 is 17.4 Å². The number of benzene rings is 1. The molecular formula is C21H21N7O3. The fourth-order valence-electron chi connectivity index (χ4n) is 4.16. The minimum absolute atomic E-state index is 0.106. The minimum Gasteiger partial charge on any atom is -0.493 e. The van der Waals surface area contributed by atoms with Gasteiger partial charge in [-0.1, -0.05) is 12.1 Å². The van der Waals surface area contributed by atoms with E-state index in [1.165, 1.54) is 0 Å². The molecule has 1 aliphatic rings. The number of methoxy groups -OCH3 is 2. The smallest absolute Gasteiger partial charge is 0.226 e. The Hall–Kier alpha value is -3.95. The number of rotatable bonds is 4. The third-order valence-corrected chi connectivity index (χ3v) is 5.53. The van der Waals surface area contributed by atoms with E-state index in [1.54, 1.807) is 29.5 Å². The van der Waals surface area contributed by atoms with E-state index in [4.69, 9.17) is 14.6 Å². The second kappa shape index (κ2) is 7.08. The second-order valence-electron chi connectivity index (χ2n) is 7.36. The highest BCUT2D eigenvalue weighted by Gasteiger charge is 2.35. The van der Waals surface area contributed by atoms with Crippen molar-refractivity contribution in [2.75, 3.05) is 19.5 Å². The molecule has 1 N–H and O–H groups in total. The van der Waals surface area contributed by atoms with Gasteiger partial charge in [-0.05, 0) is 32.0 Å². The molecule has 1 amide bonds. The van der Waals surface area contributed by atoms with Crippen LogP contribution in [0.1, 0.15) is 35.0 Å². The number of para-hydroxylation sites is 1. The van der Waals surface area contributed by atoms with Gasteiger partial charge in [-0.3, -0.25) is 4.79 Å². The highest BCUT2D eigenvalue weighted by atomic mass is 16.5. The number of carbonyl (C=O) groups is 1. The van der Waals surface area contributed by atoms with Crippen LogP contribution in [-0.4, -0.2) is 49.7 Å². The third-order valence-electron chi connectivity index (χ3n) is 5.53. The Morgan fingerprint density at radius 1 is 1.06 bits per heavy atom. The summed E-state index contributed by atoms with van der Waals surface area (Å²) in [6, 6.07) is 9.31. The standard InChI is InChI=1S/C21H21N7O3/c1-11-19-14(13-6-5-7-15(30-3)20(13)31-4)10-18(29)22-21(19)28(25-11)17-9-8-16-24-23-12(2)27(16)26-17/h5-9,14H,10H2,1-4H3,(H,22,29). The minimum atomic E-state index is -0.233. The first-order valence-corrected chi connectivity index (χ1v) is 9.81. The molecule has 0 saturated carbocycles. The van der Waals surface area contributed by atoms with E-state index in [0.29, 0.717) is 34.6 Å². The zero-order chi connectivity index (χ0) is 21.7. The Labute approximate surface area is 177 Å². The van der Waals surface area contributed by atoms with E-state index in [0.717, 1.165) is 16.8 Å². The van der Waals surface area contributed by atoms with Crippen LogP contribution < -0.4 is 14.8 Å². The number of aryl methyl sites for hydroxylation is 2. The van der Waals surface area contributed by atoms with Gasteiger partial charge in [0.2, 0.25) is 5.91 Å². The molecule has 3 aromatic heterocycles. The Morgan fingerprint density at radius 2 is 1.90 bits per heavy atom. The molecule has 4 aromatic rings. The summed E-state index contributed by atoms with van der Waals surface area (Å²) in [5.74, 6) is 2.71. The topological polar surface area (TPSA) is 108 Å². The lowest BCUT2D eigenvalue weighted by Gasteiger charge is -2.26. The predicted octanol–water partition coefficient (Wildman–Crippen LogP) is 2.42. The van der Waals surface area contributed by atoms with Crippen LogP contribution in [0, 0.1) is 13.8 Å². The molecule has 0 saturated heterocycles. The summed E-state index contributed by atoms with van der Waals surface area (Å²) in [7, 11) is 3.20. The van der Waals surface area contributed by atoms with Crippen LogP contribution in [0.3, 0.4) is 0 Å². The molecule has 0 bridgehead atoms. The summed E-state index contributed by atoms with van der Waals surface area (Å²) in [4.78, 5) is 12.7. The molecule has 1 aliphatic heterocycles. The van der Waals surface area contributed by atoms with Gasteiger partial charge in [0, 0.05) is 23.5 Å². The molecule has 10 nitrogen and oxygen atoms in total. The van der Waals surface area contributed by atoms with Crippen molar-refractivity contribution in [2.45, 2.75) is 26.2 Å². The molecule has 158 valence electrons. The van der Waals surface area contributed by atoms with E-state index >= 15 is 0 Å². The van der Waals surface area contributed by atoms with Crippen molar-refractivity contribution in [1.82, 2.24) is 29.6 Å². The van der Waals surface area contributed by atoms with Gasteiger partial charge in [0.1, 0.15) is 5.82 Å². The summed E-state index contributed by atoms with van der Waals surface area (Å²) in [5.41, 5.74) is 3.24. The van der Waals surface area contributed by atoms with E-state index in [-0.39, 0.29) is 18.2 Å². The monoisotopic (exact) mass is 419 g/mol. The molecule has 1 atom stereocenters. The molecule has 0 radical (unpaired) electrons. The fraction of sp³-hybridized carbons (Fsp3) is 0.286. The second-order valence-corrected chi connectivity index (χ2v) is 7.36. The Balaban J connectivity index is 1.69. The highest BCUT2D eigenvalue weighted by Crippen LogP contribution is 2.45. The van der Waals surface area contributed by atoms with Crippen molar-refractivity contribution < 1.29 is 14.3 Å². The Morgan fingerprint density at radius 3 is 2.68 bits per heavy atom. The van der Waals surface area contributed by atoms with Crippen molar-refractivity contribution in [2.24, 2.45) is 0 Å². The van der Waals surface area contributed by atoms with E-state index < -0.39 is 0 Å². The first-order chi connectivity index (χ1) is 15.0. The van der Waals surface area contributed by atoms with Gasteiger partial charge in [-0.2, -0.15) is 14.3 Å². The van der Waals surface area contributed by atoms with Gasteiger partial charge >= 0.3 is 0 Å². The van der Waals surface area contributed by atoms with Gasteiger partial charge in [0.15, 0.2) is 28.8 Å². The van der Waals surface area contributed by atoms with Gasteiger partial charge in [0.25, 0.3) is 0 Å². The largest absolute Gasteiger partial charge is 0.493 e. The first-order valence-electron chi connectivity index (χ1n) is 9.81. The molecular weight excluding hydrogens is 398 g/mol. The number of nitrogens with zero attached hydrogens (tertiary/aromatic N) is 6. The summed E-state index contributed by atoms with van der Waals surface area (Å²) in [6.07, 6.45) is 0.278. The zero-order valence-electron chi connectivity index (χ0n) is 17.6. The lowest BCUT2D eigenvalue weighted by molar-refractivity contribution is -0.116. The molecule has 31 heavy (non-hydrogen) atoms. The quantitative estimate of drug-likeness (QED) is 0.541. The third kappa shape index (κ3) is 2.90. The zero-order valence-corrected chi connectivity index (χ0v) is 17.6. The number of hydrogen-bond acceptors (Lipinski definition) is 7. The van der Waals surface area contributed by atoms with Crippen LogP contribution in [0.5, 0.6) is 11.5 Å². The van der Waals surface area contributed by atoms with Crippen molar-refractivity contribution in [3.8, 4) is 17.3 Å². The van der Waals surface area contributed by atoms with Crippen molar-refractivity contribution in [1.29, 1.82) is 0 Å². The average molecular weight is 419 g/mol. The van der Waals surface area contributed by atoms with Crippen LogP contribution in [0.2, 0.25) is 0 Å². The number of carbonyl (C=O) groups excluding carboxylic acids is 1. The van der Waals surface area contributed by atoms with Crippen LogP contribution in [0.4, 0.5) is 5.82 Å². The number of aromatic nitrogens is 6. The SMILES string of the molecule is COc1cccc(C2CC(=O)Nc3c2c(C)nn3-c2ccc3nnc(C)n3n2)c1OC. The van der Waals surface area contributed by atoms with Crippen LogP contribution >= 0.6 is 0 Å². The number of fused-ring (bicyclic) bond motifs is 2. The lowest BCUT2D eigenvalue weighted by atomic mass is 9.85. The average Bonchev–Trinajstić information content (AvgIpc) is 3.32.